The normalized spacial score (nSPS) is 18.7. The van der Waals surface area contributed by atoms with Crippen LogP contribution >= 0.6 is 0 Å². The van der Waals surface area contributed by atoms with Crippen molar-refractivity contribution in [3.05, 3.63) is 198 Å². The molecule has 0 aromatic heterocycles. The van der Waals surface area contributed by atoms with Gasteiger partial charge in [0, 0.05) is 17.0 Å². The number of rotatable bonds is 3. The lowest BCUT2D eigenvalue weighted by molar-refractivity contribution is 0.394. The van der Waals surface area contributed by atoms with Gasteiger partial charge in [-0.15, -0.1) is 0 Å². The molecule has 264 valence electrons. The van der Waals surface area contributed by atoms with Gasteiger partial charge in [-0.3, -0.25) is 0 Å². The Balaban J connectivity index is 1.28. The summed E-state index contributed by atoms with van der Waals surface area (Å²) < 4.78 is 0. The van der Waals surface area contributed by atoms with Gasteiger partial charge in [0.2, 0.25) is 0 Å². The van der Waals surface area contributed by atoms with Crippen LogP contribution in [0.3, 0.4) is 0 Å². The fraction of sp³-hybridized carbons (Fsp3) is 0.148. The molecule has 0 N–H and O–H groups in total. The van der Waals surface area contributed by atoms with Gasteiger partial charge in [-0.1, -0.05) is 173 Å². The second kappa shape index (κ2) is 11.7. The van der Waals surface area contributed by atoms with E-state index in [9.17, 15) is 0 Å². The number of para-hydroxylation sites is 2. The first-order valence-electron chi connectivity index (χ1n) is 19.8. The fourth-order valence-electron chi connectivity index (χ4n) is 10.7. The molecule has 2 unspecified atom stereocenters. The molecule has 55 heavy (non-hydrogen) atoms. The predicted octanol–water partition coefficient (Wildman–Crippen LogP) is 14.7. The number of fused-ring (bicyclic) bond motifs is 9. The van der Waals surface area contributed by atoms with Crippen LogP contribution in [0.25, 0.3) is 54.6 Å². The predicted molar refractivity (Wildman–Crippen MR) is 234 cm³/mol. The van der Waals surface area contributed by atoms with Crippen molar-refractivity contribution in [2.45, 2.75) is 44.4 Å². The van der Waals surface area contributed by atoms with Crippen LogP contribution in [0.1, 0.15) is 55.9 Å². The van der Waals surface area contributed by atoms with Gasteiger partial charge in [-0.05, 0) is 118 Å². The van der Waals surface area contributed by atoms with Crippen LogP contribution in [0.5, 0.6) is 0 Å². The molecule has 1 heteroatoms. The summed E-state index contributed by atoms with van der Waals surface area (Å²) in [5.41, 5.74) is 14.3. The monoisotopic (exact) mass is 705 g/mol. The van der Waals surface area contributed by atoms with E-state index in [4.69, 9.17) is 0 Å². The summed E-state index contributed by atoms with van der Waals surface area (Å²) >= 11 is 0. The van der Waals surface area contributed by atoms with E-state index in [1.165, 1.54) is 93.9 Å². The number of hydrogen-bond donors (Lipinski definition) is 0. The van der Waals surface area contributed by atoms with E-state index >= 15 is 0 Å². The Morgan fingerprint density at radius 2 is 1.02 bits per heavy atom. The van der Waals surface area contributed by atoms with Crippen molar-refractivity contribution in [1.29, 1.82) is 0 Å². The average Bonchev–Trinajstić information content (AvgIpc) is 3.46. The third-order valence-electron chi connectivity index (χ3n) is 13.3. The third kappa shape index (κ3) is 4.47. The highest BCUT2D eigenvalue weighted by atomic mass is 15.2. The van der Waals surface area contributed by atoms with Crippen molar-refractivity contribution >= 4 is 49.4 Å². The molecular formula is C54H43N. The van der Waals surface area contributed by atoms with E-state index in [1.807, 2.05) is 0 Å². The van der Waals surface area contributed by atoms with Gasteiger partial charge in [0.25, 0.3) is 0 Å². The maximum Gasteiger partial charge on any atom is 0.0502 e. The van der Waals surface area contributed by atoms with Crippen molar-refractivity contribution in [2.24, 2.45) is 5.92 Å². The Labute approximate surface area is 323 Å². The number of benzene rings is 8. The topological polar surface area (TPSA) is 3.24 Å². The Bertz CT molecular complexity index is 2890. The second-order valence-corrected chi connectivity index (χ2v) is 16.9. The molecule has 2 atom stereocenters. The first-order chi connectivity index (χ1) is 26.8. The zero-order valence-electron chi connectivity index (χ0n) is 31.8. The van der Waals surface area contributed by atoms with Crippen LogP contribution in [0.4, 0.5) is 17.1 Å². The fourth-order valence-corrected chi connectivity index (χ4v) is 10.7. The maximum absolute atomic E-state index is 2.59. The molecule has 1 aliphatic heterocycles. The van der Waals surface area contributed by atoms with E-state index in [1.54, 1.807) is 0 Å². The van der Waals surface area contributed by atoms with E-state index in [-0.39, 0.29) is 10.8 Å². The minimum atomic E-state index is -0.125. The van der Waals surface area contributed by atoms with Crippen molar-refractivity contribution < 1.29 is 0 Å². The van der Waals surface area contributed by atoms with E-state index in [0.29, 0.717) is 11.8 Å². The van der Waals surface area contributed by atoms with Crippen LogP contribution in [0.2, 0.25) is 0 Å². The van der Waals surface area contributed by atoms with Crippen LogP contribution in [-0.4, -0.2) is 0 Å². The van der Waals surface area contributed by atoms with E-state index in [2.05, 4.69) is 209 Å². The summed E-state index contributed by atoms with van der Waals surface area (Å²) in [5.74, 6) is 0.799. The third-order valence-corrected chi connectivity index (χ3v) is 13.3. The summed E-state index contributed by atoms with van der Waals surface area (Å²) in [6.45, 7) is 9.64. The van der Waals surface area contributed by atoms with Gasteiger partial charge < -0.3 is 4.90 Å². The average molecular weight is 706 g/mol. The first kappa shape index (κ1) is 32.3. The van der Waals surface area contributed by atoms with Gasteiger partial charge in [0.05, 0.1) is 11.4 Å². The Hall–Kier alpha value is -6.18. The summed E-state index contributed by atoms with van der Waals surface area (Å²) in [7, 11) is 0. The van der Waals surface area contributed by atoms with Gasteiger partial charge in [-0.25, -0.2) is 0 Å². The highest BCUT2D eigenvalue weighted by Crippen LogP contribution is 2.58. The van der Waals surface area contributed by atoms with Crippen molar-refractivity contribution in [3.8, 4) is 22.3 Å². The smallest absolute Gasteiger partial charge is 0.0502 e. The Kier molecular flexibility index (Phi) is 6.84. The summed E-state index contributed by atoms with van der Waals surface area (Å²) in [4.78, 5) is 2.50. The summed E-state index contributed by atoms with van der Waals surface area (Å²) in [6, 6.07) is 57.1. The Morgan fingerprint density at radius 1 is 0.455 bits per heavy atom. The van der Waals surface area contributed by atoms with Gasteiger partial charge >= 0.3 is 0 Å². The molecule has 1 heterocycles. The van der Waals surface area contributed by atoms with Gasteiger partial charge in [-0.2, -0.15) is 0 Å². The second-order valence-electron chi connectivity index (χ2n) is 16.9. The Morgan fingerprint density at radius 3 is 1.73 bits per heavy atom. The summed E-state index contributed by atoms with van der Waals surface area (Å²) in [6.07, 6.45) is 9.38. The van der Waals surface area contributed by atoms with Crippen LogP contribution in [0, 0.1) is 5.92 Å². The largest absolute Gasteiger partial charge is 0.310 e. The standard InChI is InChI=1S/C54H43N/c1-53(2)44-25-13-12-24-41(44)52-37-21-9-8-20-36(37)43(33-47(52)53)51-39-23-11-10-22-38(39)50(34-18-6-5-7-19-34)40-31-30-35(32-42(40)51)55-48-28-16-14-26-45(48)54(3,4)46-27-15-17-29-49(46)55/h5-33,41,44H,1-4H3. The lowest BCUT2D eigenvalue weighted by Gasteiger charge is -2.42. The van der Waals surface area contributed by atoms with Gasteiger partial charge in [0.1, 0.15) is 0 Å². The molecule has 8 aromatic carbocycles. The minimum Gasteiger partial charge on any atom is -0.310 e. The van der Waals surface area contributed by atoms with Crippen LogP contribution in [-0.2, 0) is 10.8 Å². The lowest BCUT2D eigenvalue weighted by atomic mass is 9.73. The molecular weight excluding hydrogens is 663 g/mol. The van der Waals surface area contributed by atoms with Crippen LogP contribution < -0.4 is 4.90 Å². The molecule has 0 radical (unpaired) electrons. The molecule has 8 aromatic rings. The van der Waals surface area contributed by atoms with Crippen molar-refractivity contribution in [1.82, 2.24) is 0 Å². The molecule has 3 aliphatic rings. The first-order valence-corrected chi connectivity index (χ1v) is 19.8. The molecule has 0 saturated carbocycles. The highest BCUT2D eigenvalue weighted by molar-refractivity contribution is 6.24. The lowest BCUT2D eigenvalue weighted by Crippen LogP contribution is -2.30. The number of anilines is 3. The maximum atomic E-state index is 2.59. The zero-order valence-corrected chi connectivity index (χ0v) is 31.8. The highest BCUT2D eigenvalue weighted by Gasteiger charge is 2.46. The minimum absolute atomic E-state index is 0.0190. The molecule has 0 bridgehead atoms. The molecule has 2 aliphatic carbocycles. The number of hydrogen-bond acceptors (Lipinski definition) is 1. The quantitative estimate of drug-likeness (QED) is 0.165. The zero-order chi connectivity index (χ0) is 37.1. The number of nitrogens with zero attached hydrogens (tertiary/aromatic N) is 1. The molecule has 0 spiro atoms. The molecule has 0 saturated heterocycles. The summed E-state index contributed by atoms with van der Waals surface area (Å²) in [5, 5.41) is 7.80. The molecule has 0 amide bonds. The molecule has 11 rings (SSSR count). The van der Waals surface area contributed by atoms with Crippen molar-refractivity contribution in [3.63, 3.8) is 0 Å². The van der Waals surface area contributed by atoms with Gasteiger partial charge in [0.15, 0.2) is 0 Å². The number of allylic oxidation sites excluding steroid dienone is 4. The SMILES string of the molecule is CC1(C)c2ccccc2N(c2ccc3c(-c4ccccc4)c4ccccc4c(-c4cc5c(c6ccccc46)C4C=CC=CC4C5(C)C)c3c2)c2ccccc21. The van der Waals surface area contributed by atoms with E-state index in [0.717, 1.165) is 0 Å². The van der Waals surface area contributed by atoms with Crippen LogP contribution in [0.15, 0.2) is 176 Å². The van der Waals surface area contributed by atoms with E-state index < -0.39 is 0 Å². The van der Waals surface area contributed by atoms with Crippen molar-refractivity contribution in [2.75, 3.05) is 4.90 Å². The molecule has 0 fully saturated rings. The molecule has 1 nitrogen and oxygen atoms in total.